The molecule has 1 aliphatic heterocycles. The van der Waals surface area contributed by atoms with Crippen molar-refractivity contribution in [1.82, 2.24) is 4.31 Å². The molecule has 1 unspecified atom stereocenters. The Morgan fingerprint density at radius 3 is 2.39 bits per heavy atom. The van der Waals surface area contributed by atoms with E-state index in [0.717, 1.165) is 10.6 Å². The number of benzene rings is 2. The van der Waals surface area contributed by atoms with E-state index in [9.17, 15) is 21.6 Å². The van der Waals surface area contributed by atoms with Gasteiger partial charge in [-0.25, -0.2) is 21.1 Å². The number of nitrogens with one attached hydrogen (secondary N) is 1. The van der Waals surface area contributed by atoms with Crippen LogP contribution in [-0.4, -0.2) is 53.4 Å². The Hall–Kier alpha value is -1.85. The first-order valence-corrected chi connectivity index (χ1v) is 14.4. The molecule has 2 aromatic carbocycles. The summed E-state index contributed by atoms with van der Waals surface area (Å²) in [5, 5.41) is 3.32. The Bertz CT molecular complexity index is 1230. The number of rotatable bonds is 7. The molecule has 0 radical (unpaired) electrons. The second-order valence-electron chi connectivity index (χ2n) is 7.92. The van der Waals surface area contributed by atoms with Gasteiger partial charge in [-0.3, -0.25) is 9.10 Å². The van der Waals surface area contributed by atoms with Gasteiger partial charge in [-0.05, 0) is 43.2 Å². The van der Waals surface area contributed by atoms with Gasteiger partial charge in [0.1, 0.15) is 0 Å². The fourth-order valence-corrected chi connectivity index (χ4v) is 6.43. The zero-order chi connectivity index (χ0) is 24.4. The van der Waals surface area contributed by atoms with Crippen LogP contribution in [0.25, 0.3) is 0 Å². The molecule has 1 fully saturated rings. The zero-order valence-corrected chi connectivity index (χ0v) is 21.3. The van der Waals surface area contributed by atoms with Gasteiger partial charge in [0.15, 0.2) is 0 Å². The first-order chi connectivity index (χ1) is 15.4. The zero-order valence-electron chi connectivity index (χ0n) is 18.2. The first kappa shape index (κ1) is 25.8. The van der Waals surface area contributed by atoms with Crippen molar-refractivity contribution in [3.63, 3.8) is 0 Å². The van der Waals surface area contributed by atoms with Gasteiger partial charge in [-0.2, -0.15) is 0 Å². The number of hydrogen-bond donors (Lipinski definition) is 1. The van der Waals surface area contributed by atoms with E-state index < -0.39 is 26.0 Å². The van der Waals surface area contributed by atoms with Crippen LogP contribution in [0.15, 0.2) is 42.5 Å². The number of hydrogen-bond acceptors (Lipinski definition) is 5. The second-order valence-corrected chi connectivity index (χ2v) is 12.7. The van der Waals surface area contributed by atoms with Crippen LogP contribution in [-0.2, 0) is 30.6 Å². The molecular formula is C21H25Cl2N3O5S2. The molecule has 2 aromatic rings. The molecule has 33 heavy (non-hydrogen) atoms. The summed E-state index contributed by atoms with van der Waals surface area (Å²) in [5.74, 6) is -1.23. The van der Waals surface area contributed by atoms with Crippen LogP contribution in [0, 0.1) is 5.92 Å². The molecule has 1 heterocycles. The molecule has 8 nitrogen and oxygen atoms in total. The summed E-state index contributed by atoms with van der Waals surface area (Å²) in [6, 6.07) is 11.3. The van der Waals surface area contributed by atoms with Crippen molar-refractivity contribution in [2.75, 3.05) is 36.0 Å². The SMILES string of the molecule is CN(c1cccc(NC(=O)C2CCCN(S(=O)(=O)Cc3c(Cl)cccc3Cl)C2)c1)S(C)(=O)=O. The van der Waals surface area contributed by atoms with E-state index in [2.05, 4.69) is 5.32 Å². The van der Waals surface area contributed by atoms with Gasteiger partial charge >= 0.3 is 0 Å². The summed E-state index contributed by atoms with van der Waals surface area (Å²) in [7, 11) is -5.77. The number of anilines is 2. The van der Waals surface area contributed by atoms with Gasteiger partial charge in [-0.15, -0.1) is 0 Å². The predicted octanol–water partition coefficient (Wildman–Crippen LogP) is 3.57. The molecule has 1 atom stereocenters. The maximum Gasteiger partial charge on any atom is 0.231 e. The van der Waals surface area contributed by atoms with Gasteiger partial charge in [0.25, 0.3) is 0 Å². The monoisotopic (exact) mass is 533 g/mol. The number of amides is 1. The van der Waals surface area contributed by atoms with Crippen LogP contribution < -0.4 is 9.62 Å². The van der Waals surface area contributed by atoms with Gasteiger partial charge in [0.05, 0.1) is 23.6 Å². The average Bonchev–Trinajstić information content (AvgIpc) is 2.75. The molecule has 0 spiro atoms. The number of carbonyl (C=O) groups is 1. The normalized spacial score (nSPS) is 17.5. The lowest BCUT2D eigenvalue weighted by molar-refractivity contribution is -0.120. The smallest absolute Gasteiger partial charge is 0.231 e. The van der Waals surface area contributed by atoms with Crippen LogP contribution in [0.2, 0.25) is 10.0 Å². The number of halogens is 2. The fraction of sp³-hybridized carbons (Fsp3) is 0.381. The lowest BCUT2D eigenvalue weighted by Crippen LogP contribution is -2.44. The molecule has 0 aromatic heterocycles. The maximum absolute atomic E-state index is 13.0. The lowest BCUT2D eigenvalue weighted by Gasteiger charge is -2.31. The van der Waals surface area contributed by atoms with E-state index >= 15 is 0 Å². The van der Waals surface area contributed by atoms with E-state index in [1.165, 1.54) is 11.4 Å². The van der Waals surface area contributed by atoms with E-state index in [0.29, 0.717) is 36.3 Å². The molecule has 1 N–H and O–H groups in total. The van der Waals surface area contributed by atoms with Crippen LogP contribution in [0.5, 0.6) is 0 Å². The number of carbonyl (C=O) groups excluding carboxylic acids is 1. The highest BCUT2D eigenvalue weighted by molar-refractivity contribution is 7.92. The van der Waals surface area contributed by atoms with Crippen LogP contribution in [0.4, 0.5) is 11.4 Å². The van der Waals surface area contributed by atoms with Crippen molar-refractivity contribution in [3.05, 3.63) is 58.1 Å². The van der Waals surface area contributed by atoms with Crippen molar-refractivity contribution in [2.24, 2.45) is 5.92 Å². The van der Waals surface area contributed by atoms with Crippen molar-refractivity contribution >= 4 is 60.5 Å². The number of sulfonamides is 2. The molecule has 0 bridgehead atoms. The van der Waals surface area contributed by atoms with Gasteiger partial charge in [0, 0.05) is 41.4 Å². The summed E-state index contributed by atoms with van der Waals surface area (Å²) in [4.78, 5) is 12.9. The quantitative estimate of drug-likeness (QED) is 0.585. The summed E-state index contributed by atoms with van der Waals surface area (Å²) in [6.07, 6.45) is 2.16. The average molecular weight is 534 g/mol. The van der Waals surface area contributed by atoms with Crippen LogP contribution in [0.3, 0.4) is 0 Å². The van der Waals surface area contributed by atoms with E-state index in [-0.39, 0.29) is 28.3 Å². The van der Waals surface area contributed by atoms with Crippen LogP contribution >= 0.6 is 23.2 Å². The van der Waals surface area contributed by atoms with Crippen molar-refractivity contribution < 1.29 is 21.6 Å². The summed E-state index contributed by atoms with van der Waals surface area (Å²) >= 11 is 12.3. The van der Waals surface area contributed by atoms with E-state index in [1.807, 2.05) is 0 Å². The summed E-state index contributed by atoms with van der Waals surface area (Å²) in [5.41, 5.74) is 1.16. The highest BCUT2D eigenvalue weighted by Crippen LogP contribution is 2.29. The van der Waals surface area contributed by atoms with Gasteiger partial charge < -0.3 is 5.32 Å². The molecule has 3 rings (SSSR count). The van der Waals surface area contributed by atoms with Crippen molar-refractivity contribution in [3.8, 4) is 0 Å². The predicted molar refractivity (Wildman–Crippen MR) is 132 cm³/mol. The van der Waals surface area contributed by atoms with E-state index in [4.69, 9.17) is 23.2 Å². The topological polar surface area (TPSA) is 104 Å². The molecule has 0 saturated carbocycles. The molecule has 0 aliphatic carbocycles. The second kappa shape index (κ2) is 10.2. The molecule has 180 valence electrons. The largest absolute Gasteiger partial charge is 0.326 e. The molecule has 12 heteroatoms. The third-order valence-electron chi connectivity index (χ3n) is 5.51. The Morgan fingerprint density at radius 2 is 1.76 bits per heavy atom. The van der Waals surface area contributed by atoms with Crippen LogP contribution in [0.1, 0.15) is 18.4 Å². The minimum absolute atomic E-state index is 0.0408. The number of piperidine rings is 1. The highest BCUT2D eigenvalue weighted by atomic mass is 35.5. The van der Waals surface area contributed by atoms with Gasteiger partial charge in [-0.1, -0.05) is 35.3 Å². The Kier molecular flexibility index (Phi) is 7.95. The van der Waals surface area contributed by atoms with Crippen molar-refractivity contribution in [2.45, 2.75) is 18.6 Å². The lowest BCUT2D eigenvalue weighted by atomic mass is 9.98. The standard InChI is InChI=1S/C21H25Cl2N3O5S2/c1-25(32(2,28)29)17-8-3-7-16(12-17)24-21(27)15-6-5-11-26(13-15)33(30,31)14-18-19(22)9-4-10-20(18)23/h3-4,7-10,12,15H,5-6,11,13-14H2,1-2H3,(H,24,27). The minimum Gasteiger partial charge on any atom is -0.326 e. The highest BCUT2D eigenvalue weighted by Gasteiger charge is 2.33. The Labute approximate surface area is 204 Å². The van der Waals surface area contributed by atoms with E-state index in [1.54, 1.807) is 42.5 Å². The Balaban J connectivity index is 1.71. The fourth-order valence-electron chi connectivity index (χ4n) is 3.57. The third-order valence-corrected chi connectivity index (χ3v) is 9.20. The molecule has 1 saturated heterocycles. The maximum atomic E-state index is 13.0. The summed E-state index contributed by atoms with van der Waals surface area (Å²) in [6.45, 7) is 0.349. The minimum atomic E-state index is -3.74. The number of nitrogens with zero attached hydrogens (tertiary/aromatic N) is 2. The molecule has 1 amide bonds. The molecule has 1 aliphatic rings. The van der Waals surface area contributed by atoms with Crippen molar-refractivity contribution in [1.29, 1.82) is 0 Å². The molecular weight excluding hydrogens is 509 g/mol. The summed E-state index contributed by atoms with van der Waals surface area (Å²) < 4.78 is 52.0. The van der Waals surface area contributed by atoms with Gasteiger partial charge in [0.2, 0.25) is 26.0 Å². The Morgan fingerprint density at radius 1 is 1.12 bits per heavy atom. The first-order valence-electron chi connectivity index (χ1n) is 10.1. The third kappa shape index (κ3) is 6.39.